The summed E-state index contributed by atoms with van der Waals surface area (Å²) in [6.07, 6.45) is 1.16. The number of urea groups is 1. The highest BCUT2D eigenvalue weighted by Crippen LogP contribution is 2.24. The van der Waals surface area contributed by atoms with Gasteiger partial charge in [-0.3, -0.25) is 10.2 Å². The van der Waals surface area contributed by atoms with Crippen molar-refractivity contribution in [2.75, 3.05) is 13.1 Å². The molecule has 0 aromatic carbocycles. The second-order valence-corrected chi connectivity index (χ2v) is 6.47. The lowest BCUT2D eigenvalue weighted by molar-refractivity contribution is -0.124. The maximum Gasteiger partial charge on any atom is 0.339 e. The number of nitrogens with zero attached hydrogens (tertiary/aromatic N) is 4. The van der Waals surface area contributed by atoms with Crippen LogP contribution in [0.15, 0.2) is 16.0 Å². The molecule has 2 aromatic heterocycles. The largest absolute Gasteiger partial charge is 0.361 e. The summed E-state index contributed by atoms with van der Waals surface area (Å²) >= 11 is 1.46. The molecule has 1 aliphatic heterocycles. The van der Waals surface area contributed by atoms with E-state index in [1.807, 2.05) is 25.3 Å². The zero-order chi connectivity index (χ0) is 17.1. The molecule has 0 saturated carbocycles. The van der Waals surface area contributed by atoms with E-state index in [1.165, 1.54) is 16.3 Å². The van der Waals surface area contributed by atoms with Gasteiger partial charge < -0.3 is 9.42 Å². The molecule has 2 aromatic rings. The summed E-state index contributed by atoms with van der Waals surface area (Å²) in [5.74, 6) is 0.597. The molecule has 1 saturated heterocycles. The van der Waals surface area contributed by atoms with Crippen LogP contribution in [-0.4, -0.2) is 45.1 Å². The molecule has 8 nitrogen and oxygen atoms in total. The van der Waals surface area contributed by atoms with Crippen LogP contribution in [0.1, 0.15) is 31.2 Å². The molecular weight excluding hydrogens is 330 g/mol. The summed E-state index contributed by atoms with van der Waals surface area (Å²) in [5, 5.41) is 7.99. The molecule has 0 unspecified atom stereocenters. The normalized spacial score (nSPS) is 14.5. The van der Waals surface area contributed by atoms with Gasteiger partial charge in [-0.25, -0.2) is 14.8 Å². The van der Waals surface area contributed by atoms with E-state index in [1.54, 1.807) is 4.90 Å². The Morgan fingerprint density at radius 2 is 2.29 bits per heavy atom. The first-order valence-corrected chi connectivity index (χ1v) is 8.68. The number of nitrogens with one attached hydrogen (secondary N) is 1. The van der Waals surface area contributed by atoms with Gasteiger partial charge in [-0.15, -0.1) is 11.3 Å². The van der Waals surface area contributed by atoms with E-state index in [0.717, 1.165) is 22.9 Å². The van der Waals surface area contributed by atoms with Gasteiger partial charge in [0.15, 0.2) is 0 Å². The lowest BCUT2D eigenvalue weighted by Crippen LogP contribution is -2.44. The number of hydrogen-bond acceptors (Lipinski definition) is 6. The number of aryl methyl sites for hydroxylation is 1. The molecule has 9 heteroatoms. The molecule has 24 heavy (non-hydrogen) atoms. The van der Waals surface area contributed by atoms with Crippen molar-refractivity contribution in [1.82, 2.24) is 25.5 Å². The zero-order valence-electron chi connectivity index (χ0n) is 13.6. The van der Waals surface area contributed by atoms with E-state index in [9.17, 15) is 9.59 Å². The fraction of sp³-hybridized carbons (Fsp3) is 0.467. The van der Waals surface area contributed by atoms with Crippen molar-refractivity contribution < 1.29 is 14.1 Å². The van der Waals surface area contributed by atoms with Crippen LogP contribution in [0.25, 0.3) is 10.7 Å². The van der Waals surface area contributed by atoms with E-state index in [0.29, 0.717) is 31.7 Å². The summed E-state index contributed by atoms with van der Waals surface area (Å²) in [5.41, 5.74) is 4.14. The van der Waals surface area contributed by atoms with E-state index < -0.39 is 0 Å². The summed E-state index contributed by atoms with van der Waals surface area (Å²) in [6, 6.07) is 1.63. The summed E-state index contributed by atoms with van der Waals surface area (Å²) in [6.45, 7) is 5.20. The highest BCUT2D eigenvalue weighted by Gasteiger charge is 2.30. The van der Waals surface area contributed by atoms with Gasteiger partial charge in [0.1, 0.15) is 16.5 Å². The first-order valence-electron chi connectivity index (χ1n) is 7.81. The average molecular weight is 349 g/mol. The van der Waals surface area contributed by atoms with E-state index in [4.69, 9.17) is 4.52 Å². The average Bonchev–Trinajstić information content (AvgIpc) is 3.24. The van der Waals surface area contributed by atoms with Crippen LogP contribution in [0.3, 0.4) is 0 Å². The van der Waals surface area contributed by atoms with E-state index in [-0.39, 0.29) is 11.9 Å². The maximum atomic E-state index is 12.3. The van der Waals surface area contributed by atoms with Crippen molar-refractivity contribution in [3.63, 3.8) is 0 Å². The maximum absolute atomic E-state index is 12.3. The number of thiazole rings is 1. The molecular formula is C15H19N5O3S. The first kappa shape index (κ1) is 16.4. The molecule has 3 heterocycles. The number of amides is 3. The van der Waals surface area contributed by atoms with Crippen molar-refractivity contribution in [1.29, 1.82) is 0 Å². The zero-order valence-corrected chi connectivity index (χ0v) is 14.4. The molecule has 1 aliphatic rings. The van der Waals surface area contributed by atoms with Crippen LogP contribution in [0.4, 0.5) is 4.79 Å². The number of rotatable bonds is 6. The molecule has 1 N–H and O–H groups in total. The van der Waals surface area contributed by atoms with Gasteiger partial charge in [-0.05, 0) is 13.3 Å². The Kier molecular flexibility index (Phi) is 4.79. The standard InChI is InChI=1S/C15H19N5O3S/c1-3-4-13(21)17-20-6-5-19(15(20)22)8-11-9-24-14(16-11)12-7-10(2)23-18-12/h7,9H,3-6,8H2,1-2H3,(H,17,21). The second kappa shape index (κ2) is 7.00. The van der Waals surface area contributed by atoms with E-state index in [2.05, 4.69) is 15.6 Å². The summed E-state index contributed by atoms with van der Waals surface area (Å²) in [7, 11) is 0. The van der Waals surface area contributed by atoms with Gasteiger partial charge in [-0.1, -0.05) is 12.1 Å². The third-order valence-electron chi connectivity index (χ3n) is 3.58. The molecule has 0 bridgehead atoms. The number of aromatic nitrogens is 2. The van der Waals surface area contributed by atoms with Crippen LogP contribution in [0.5, 0.6) is 0 Å². The number of hydrazine groups is 1. The Labute approximate surface area is 143 Å². The molecule has 3 rings (SSSR count). The highest BCUT2D eigenvalue weighted by atomic mass is 32.1. The Balaban J connectivity index is 1.60. The van der Waals surface area contributed by atoms with Crippen LogP contribution in [0, 0.1) is 6.92 Å². The fourth-order valence-corrected chi connectivity index (χ4v) is 3.19. The van der Waals surface area contributed by atoms with Gasteiger partial charge in [0.05, 0.1) is 18.8 Å². The van der Waals surface area contributed by atoms with Gasteiger partial charge in [0, 0.05) is 24.4 Å². The Morgan fingerprint density at radius 3 is 3.00 bits per heavy atom. The predicted octanol–water partition coefficient (Wildman–Crippen LogP) is 2.18. The third kappa shape index (κ3) is 3.56. The SMILES string of the molecule is CCCC(=O)NN1CCN(Cc2csc(-c3cc(C)on3)n2)C1=O. The minimum absolute atomic E-state index is 0.134. The Morgan fingerprint density at radius 1 is 1.46 bits per heavy atom. The number of carbonyl (C=O) groups excluding carboxylic acids is 2. The van der Waals surface area contributed by atoms with Gasteiger partial charge in [-0.2, -0.15) is 0 Å². The number of hydrogen-bond donors (Lipinski definition) is 1. The van der Waals surface area contributed by atoms with Crippen molar-refractivity contribution >= 4 is 23.3 Å². The van der Waals surface area contributed by atoms with Crippen LogP contribution in [-0.2, 0) is 11.3 Å². The van der Waals surface area contributed by atoms with Gasteiger partial charge >= 0.3 is 6.03 Å². The van der Waals surface area contributed by atoms with Crippen LogP contribution in [0.2, 0.25) is 0 Å². The van der Waals surface area contributed by atoms with E-state index >= 15 is 0 Å². The van der Waals surface area contributed by atoms with Crippen LogP contribution >= 0.6 is 11.3 Å². The molecule has 1 fully saturated rings. The Bertz CT molecular complexity index is 741. The third-order valence-corrected chi connectivity index (χ3v) is 4.50. The topological polar surface area (TPSA) is 91.6 Å². The summed E-state index contributed by atoms with van der Waals surface area (Å²) < 4.78 is 5.05. The van der Waals surface area contributed by atoms with Crippen LogP contribution < -0.4 is 5.43 Å². The first-order chi connectivity index (χ1) is 11.6. The minimum Gasteiger partial charge on any atom is -0.361 e. The second-order valence-electron chi connectivity index (χ2n) is 5.61. The predicted molar refractivity (Wildman–Crippen MR) is 87.9 cm³/mol. The molecule has 128 valence electrons. The highest BCUT2D eigenvalue weighted by molar-refractivity contribution is 7.13. The molecule has 0 atom stereocenters. The Hall–Kier alpha value is -2.42. The van der Waals surface area contributed by atoms with Gasteiger partial charge in [0.25, 0.3) is 0 Å². The quantitative estimate of drug-likeness (QED) is 0.863. The van der Waals surface area contributed by atoms with Crippen molar-refractivity contribution in [3.8, 4) is 10.7 Å². The van der Waals surface area contributed by atoms with Crippen molar-refractivity contribution in [2.45, 2.75) is 33.2 Å². The molecule has 3 amide bonds. The summed E-state index contributed by atoms with van der Waals surface area (Å²) in [4.78, 5) is 30.1. The minimum atomic E-state index is -0.203. The van der Waals surface area contributed by atoms with Crippen molar-refractivity contribution in [2.24, 2.45) is 0 Å². The van der Waals surface area contributed by atoms with Crippen molar-refractivity contribution in [3.05, 3.63) is 22.9 Å². The molecule has 0 radical (unpaired) electrons. The monoisotopic (exact) mass is 349 g/mol. The number of carbonyl (C=O) groups is 2. The fourth-order valence-electron chi connectivity index (χ4n) is 2.43. The molecule has 0 aliphatic carbocycles. The van der Waals surface area contributed by atoms with Gasteiger partial charge in [0.2, 0.25) is 5.91 Å². The smallest absolute Gasteiger partial charge is 0.339 e. The lowest BCUT2D eigenvalue weighted by atomic mass is 10.3. The lowest BCUT2D eigenvalue weighted by Gasteiger charge is -2.18. The molecule has 0 spiro atoms.